The van der Waals surface area contributed by atoms with Crippen LogP contribution in [0.5, 0.6) is 0 Å². The first-order valence-corrected chi connectivity index (χ1v) is 25.8. The molecule has 0 saturated carbocycles. The SMILES string of the molecule is Cc1cccc2c1oc1c(N(c3ccccc3)c3ccc4c5c(ccc4c3)-c3ccc4cc(N(c6ccccc6)c6cccc7c6oc6c(C)cccc67)ccc4c3C5(c3ccccc3)c3ccccc3)cccc12. The van der Waals surface area contributed by atoms with Crippen LogP contribution in [-0.2, 0) is 5.41 Å². The molecule has 354 valence electrons. The zero-order valence-corrected chi connectivity index (χ0v) is 41.5. The van der Waals surface area contributed by atoms with Gasteiger partial charge in [0.2, 0.25) is 0 Å². The van der Waals surface area contributed by atoms with Gasteiger partial charge in [0.1, 0.15) is 11.2 Å². The Hall–Kier alpha value is -9.64. The van der Waals surface area contributed by atoms with Crippen LogP contribution in [0.1, 0.15) is 33.4 Å². The van der Waals surface area contributed by atoms with Gasteiger partial charge in [-0.2, -0.15) is 0 Å². The normalized spacial score (nSPS) is 12.8. The lowest BCUT2D eigenvalue weighted by atomic mass is 9.66. The Labute approximate surface area is 434 Å². The van der Waals surface area contributed by atoms with Gasteiger partial charge in [-0.15, -0.1) is 0 Å². The number of nitrogens with zero attached hydrogens (tertiary/aromatic N) is 2. The van der Waals surface area contributed by atoms with Crippen molar-refractivity contribution in [3.63, 3.8) is 0 Å². The van der Waals surface area contributed by atoms with E-state index in [1.54, 1.807) is 0 Å². The maximum atomic E-state index is 6.83. The zero-order valence-electron chi connectivity index (χ0n) is 41.5. The standard InChI is InChI=1S/C71H48N2O2/c1-45-19-15-29-59-61-31-17-33-63(69(61)74-67(45)59)72(51-25-11-5-12-26-51)53-37-41-55-47(43-53)35-39-57-58-40-36-48-44-54(38-42-56(48)66(58)71(65(55)57,49-21-7-3-8-22-49)50-23-9-4-10-24-50)73(52-27-13-6-14-28-52)64-34-18-32-62-60-30-16-20-46(2)68(60)75-70(62)64/h3-44H,1-2H3. The first kappa shape index (κ1) is 43.0. The van der Waals surface area contributed by atoms with Crippen LogP contribution in [0.3, 0.4) is 0 Å². The van der Waals surface area contributed by atoms with Gasteiger partial charge in [0, 0.05) is 44.3 Å². The molecule has 1 aliphatic carbocycles. The second-order valence-electron chi connectivity index (χ2n) is 20.0. The quantitative estimate of drug-likeness (QED) is 0.152. The fourth-order valence-corrected chi connectivity index (χ4v) is 12.7. The molecule has 14 aromatic rings. The second kappa shape index (κ2) is 16.7. The molecule has 2 heterocycles. The van der Waals surface area contributed by atoms with Crippen molar-refractivity contribution in [1.29, 1.82) is 0 Å². The maximum absolute atomic E-state index is 6.83. The summed E-state index contributed by atoms with van der Waals surface area (Å²) in [6.45, 7) is 4.24. The summed E-state index contributed by atoms with van der Waals surface area (Å²) in [6, 6.07) is 93.0. The van der Waals surface area contributed by atoms with Crippen LogP contribution in [0.2, 0.25) is 0 Å². The molecule has 0 saturated heterocycles. The van der Waals surface area contributed by atoms with Crippen molar-refractivity contribution in [3.8, 4) is 11.1 Å². The zero-order chi connectivity index (χ0) is 49.8. The summed E-state index contributed by atoms with van der Waals surface area (Å²) in [4.78, 5) is 4.70. The van der Waals surface area contributed by atoms with Crippen LogP contribution in [0.4, 0.5) is 34.1 Å². The molecule has 0 atom stereocenters. The molecular formula is C71H48N2O2. The number of hydrogen-bond donors (Lipinski definition) is 0. The summed E-state index contributed by atoms with van der Waals surface area (Å²) in [5, 5.41) is 9.18. The molecule has 12 aromatic carbocycles. The average Bonchev–Trinajstić information content (AvgIpc) is 4.25. The highest BCUT2D eigenvalue weighted by Crippen LogP contribution is 2.60. The lowest BCUT2D eigenvalue weighted by Gasteiger charge is -2.35. The number of furan rings is 2. The summed E-state index contributed by atoms with van der Waals surface area (Å²) in [5.74, 6) is 0. The summed E-state index contributed by atoms with van der Waals surface area (Å²) in [6.07, 6.45) is 0. The first-order chi connectivity index (χ1) is 37.0. The number of anilines is 6. The third kappa shape index (κ3) is 6.36. The third-order valence-electron chi connectivity index (χ3n) is 15.9. The van der Waals surface area contributed by atoms with Crippen molar-refractivity contribution in [1.82, 2.24) is 0 Å². The highest BCUT2D eigenvalue weighted by atomic mass is 16.3. The number of hydrogen-bond acceptors (Lipinski definition) is 4. The molecular weight excluding hydrogens is 913 g/mol. The molecule has 0 bridgehead atoms. The van der Waals surface area contributed by atoms with Crippen molar-refractivity contribution in [2.24, 2.45) is 0 Å². The van der Waals surface area contributed by atoms with E-state index in [0.29, 0.717) is 0 Å². The predicted molar refractivity (Wildman–Crippen MR) is 312 cm³/mol. The van der Waals surface area contributed by atoms with Gasteiger partial charge in [-0.3, -0.25) is 0 Å². The van der Waals surface area contributed by atoms with Gasteiger partial charge in [0.25, 0.3) is 0 Å². The van der Waals surface area contributed by atoms with Crippen molar-refractivity contribution in [3.05, 3.63) is 288 Å². The van der Waals surface area contributed by atoms with Gasteiger partial charge >= 0.3 is 0 Å². The van der Waals surface area contributed by atoms with E-state index in [1.165, 1.54) is 44.2 Å². The fraction of sp³-hybridized carbons (Fsp3) is 0.0423. The topological polar surface area (TPSA) is 32.8 Å². The highest BCUT2D eigenvalue weighted by Gasteiger charge is 2.48. The summed E-state index contributed by atoms with van der Waals surface area (Å²) in [7, 11) is 0. The minimum Gasteiger partial charge on any atom is -0.454 e. The molecule has 0 amide bonds. The van der Waals surface area contributed by atoms with Crippen molar-refractivity contribution >= 4 is 99.5 Å². The lowest BCUT2D eigenvalue weighted by Crippen LogP contribution is -2.29. The second-order valence-corrected chi connectivity index (χ2v) is 20.0. The van der Waals surface area contributed by atoms with Crippen LogP contribution in [-0.4, -0.2) is 0 Å². The molecule has 0 unspecified atom stereocenters. The van der Waals surface area contributed by atoms with Crippen molar-refractivity contribution in [2.75, 3.05) is 9.80 Å². The first-order valence-electron chi connectivity index (χ1n) is 25.8. The van der Waals surface area contributed by atoms with Crippen LogP contribution >= 0.6 is 0 Å². The largest absolute Gasteiger partial charge is 0.454 e. The molecule has 0 spiro atoms. The van der Waals surface area contributed by atoms with E-state index in [4.69, 9.17) is 8.83 Å². The Morgan fingerprint density at radius 2 is 0.667 bits per heavy atom. The van der Waals surface area contributed by atoms with Gasteiger partial charge < -0.3 is 18.6 Å². The molecule has 0 aliphatic heterocycles. The Balaban J connectivity index is 0.958. The Morgan fingerprint density at radius 3 is 1.08 bits per heavy atom. The molecule has 15 rings (SSSR count). The molecule has 75 heavy (non-hydrogen) atoms. The van der Waals surface area contributed by atoms with Gasteiger partial charge in [-0.1, -0.05) is 194 Å². The summed E-state index contributed by atoms with van der Waals surface area (Å²) in [5.41, 5.74) is 18.8. The van der Waals surface area contributed by atoms with Crippen molar-refractivity contribution in [2.45, 2.75) is 19.3 Å². The molecule has 0 radical (unpaired) electrons. The summed E-state index contributed by atoms with van der Waals surface area (Å²) >= 11 is 0. The minimum absolute atomic E-state index is 0.678. The van der Waals surface area contributed by atoms with Crippen molar-refractivity contribution < 1.29 is 8.83 Å². The number of aryl methyl sites for hydroxylation is 2. The van der Waals surface area contributed by atoms with E-state index in [9.17, 15) is 0 Å². The van der Waals surface area contributed by atoms with Gasteiger partial charge in [-0.05, 0) is 141 Å². The monoisotopic (exact) mass is 960 g/mol. The average molecular weight is 961 g/mol. The number of fused-ring (bicyclic) bond motifs is 13. The van der Waals surface area contributed by atoms with E-state index in [1.807, 2.05) is 0 Å². The van der Waals surface area contributed by atoms with E-state index < -0.39 is 5.41 Å². The predicted octanol–water partition coefficient (Wildman–Crippen LogP) is 19.7. The van der Waals surface area contributed by atoms with E-state index in [-0.39, 0.29) is 0 Å². The summed E-state index contributed by atoms with van der Waals surface area (Å²) < 4.78 is 13.7. The van der Waals surface area contributed by atoms with E-state index in [2.05, 4.69) is 278 Å². The molecule has 4 heteroatoms. The van der Waals surface area contributed by atoms with Crippen LogP contribution < -0.4 is 9.80 Å². The van der Waals surface area contributed by atoms with E-state index in [0.717, 1.165) is 99.9 Å². The fourth-order valence-electron chi connectivity index (χ4n) is 12.7. The Morgan fingerprint density at radius 1 is 0.293 bits per heavy atom. The smallest absolute Gasteiger partial charge is 0.159 e. The van der Waals surface area contributed by atoms with Gasteiger partial charge in [0.05, 0.1) is 16.8 Å². The lowest BCUT2D eigenvalue weighted by molar-refractivity contribution is 0.665. The molecule has 0 N–H and O–H groups in total. The van der Waals surface area contributed by atoms with Crippen LogP contribution in [0, 0.1) is 13.8 Å². The number of para-hydroxylation sites is 6. The van der Waals surface area contributed by atoms with Crippen LogP contribution in [0.15, 0.2) is 264 Å². The van der Waals surface area contributed by atoms with Gasteiger partial charge in [0.15, 0.2) is 11.2 Å². The van der Waals surface area contributed by atoms with E-state index >= 15 is 0 Å². The number of benzene rings is 12. The maximum Gasteiger partial charge on any atom is 0.159 e. The highest BCUT2D eigenvalue weighted by molar-refractivity contribution is 6.14. The third-order valence-corrected chi connectivity index (χ3v) is 15.9. The molecule has 4 nitrogen and oxygen atoms in total. The molecule has 2 aromatic heterocycles. The van der Waals surface area contributed by atoms with Crippen LogP contribution in [0.25, 0.3) is 76.5 Å². The minimum atomic E-state index is -0.678. The Kier molecular flexibility index (Phi) is 9.58. The molecule has 0 fully saturated rings. The Bertz CT molecular complexity index is 4260. The molecule has 1 aliphatic rings. The number of rotatable bonds is 8. The van der Waals surface area contributed by atoms with Gasteiger partial charge in [-0.25, -0.2) is 0 Å².